The smallest absolute Gasteiger partial charge is 0.0817 e. The van der Waals surface area contributed by atoms with E-state index in [2.05, 4.69) is 5.32 Å². The van der Waals surface area contributed by atoms with Crippen molar-refractivity contribution < 1.29 is 9.47 Å². The molecule has 3 heteroatoms. The molecule has 14 heavy (non-hydrogen) atoms. The maximum atomic E-state index is 6.13. The molecule has 0 unspecified atom stereocenters. The molecule has 2 aliphatic rings. The molecule has 82 valence electrons. The quantitative estimate of drug-likeness (QED) is 0.743. The van der Waals surface area contributed by atoms with Gasteiger partial charge in [0.15, 0.2) is 0 Å². The summed E-state index contributed by atoms with van der Waals surface area (Å²) in [5.74, 6) is 0. The average Bonchev–Trinajstić information content (AvgIpc) is 2.60. The van der Waals surface area contributed by atoms with E-state index < -0.39 is 0 Å². The van der Waals surface area contributed by atoms with Crippen LogP contribution in [0.5, 0.6) is 0 Å². The van der Waals surface area contributed by atoms with E-state index in [1.165, 1.54) is 25.7 Å². The second-order valence-corrected chi connectivity index (χ2v) is 4.37. The van der Waals surface area contributed by atoms with Gasteiger partial charge in [0.1, 0.15) is 0 Å². The van der Waals surface area contributed by atoms with E-state index in [9.17, 15) is 0 Å². The van der Waals surface area contributed by atoms with E-state index in [1.807, 2.05) is 6.92 Å². The predicted octanol–water partition coefficient (Wildman–Crippen LogP) is 1.32. The zero-order valence-electron chi connectivity index (χ0n) is 9.05. The molecule has 2 fully saturated rings. The van der Waals surface area contributed by atoms with Crippen LogP contribution in [0.15, 0.2) is 0 Å². The Labute approximate surface area is 86.2 Å². The van der Waals surface area contributed by atoms with Crippen molar-refractivity contribution in [2.24, 2.45) is 0 Å². The van der Waals surface area contributed by atoms with Crippen LogP contribution >= 0.6 is 0 Å². The van der Waals surface area contributed by atoms with E-state index >= 15 is 0 Å². The number of nitrogens with one attached hydrogen (secondary N) is 1. The third-order valence-corrected chi connectivity index (χ3v) is 3.36. The van der Waals surface area contributed by atoms with Crippen molar-refractivity contribution in [2.75, 3.05) is 26.3 Å². The Kier molecular flexibility index (Phi) is 3.42. The fourth-order valence-electron chi connectivity index (χ4n) is 2.51. The highest BCUT2D eigenvalue weighted by molar-refractivity contribution is 4.92. The van der Waals surface area contributed by atoms with Gasteiger partial charge in [0.25, 0.3) is 0 Å². The van der Waals surface area contributed by atoms with Crippen molar-refractivity contribution in [1.29, 1.82) is 0 Å². The van der Waals surface area contributed by atoms with Crippen molar-refractivity contribution in [2.45, 2.75) is 44.3 Å². The molecule has 0 saturated carbocycles. The minimum Gasteiger partial charge on any atom is -0.379 e. The van der Waals surface area contributed by atoms with Crippen LogP contribution in [0.4, 0.5) is 0 Å². The topological polar surface area (TPSA) is 30.5 Å². The van der Waals surface area contributed by atoms with Gasteiger partial charge in [-0.2, -0.15) is 0 Å². The van der Waals surface area contributed by atoms with Gasteiger partial charge in [0, 0.05) is 6.61 Å². The van der Waals surface area contributed by atoms with Crippen LogP contribution in [0.25, 0.3) is 0 Å². The fourth-order valence-corrected chi connectivity index (χ4v) is 2.51. The van der Waals surface area contributed by atoms with Crippen molar-refractivity contribution in [1.82, 2.24) is 5.32 Å². The highest BCUT2D eigenvalue weighted by Gasteiger charge is 2.40. The maximum Gasteiger partial charge on any atom is 0.0817 e. The van der Waals surface area contributed by atoms with Crippen LogP contribution in [-0.2, 0) is 9.47 Å². The summed E-state index contributed by atoms with van der Waals surface area (Å²) in [6, 6.07) is 0. The van der Waals surface area contributed by atoms with Crippen LogP contribution in [0.2, 0.25) is 0 Å². The summed E-state index contributed by atoms with van der Waals surface area (Å²) < 4.78 is 11.5. The first-order chi connectivity index (χ1) is 6.85. The summed E-state index contributed by atoms with van der Waals surface area (Å²) >= 11 is 0. The third kappa shape index (κ3) is 2.27. The molecule has 2 aliphatic heterocycles. The summed E-state index contributed by atoms with van der Waals surface area (Å²) in [4.78, 5) is 0. The summed E-state index contributed by atoms with van der Waals surface area (Å²) in [5, 5.41) is 3.38. The first-order valence-electron chi connectivity index (χ1n) is 5.81. The summed E-state index contributed by atoms with van der Waals surface area (Å²) in [6.45, 7) is 5.85. The van der Waals surface area contributed by atoms with E-state index in [0.29, 0.717) is 6.10 Å². The molecule has 0 aromatic heterocycles. The van der Waals surface area contributed by atoms with Gasteiger partial charge in [-0.1, -0.05) is 0 Å². The van der Waals surface area contributed by atoms with Gasteiger partial charge < -0.3 is 14.8 Å². The van der Waals surface area contributed by atoms with Crippen LogP contribution in [0, 0.1) is 0 Å². The molecule has 1 N–H and O–H groups in total. The minimum absolute atomic E-state index is 0.201. The SMILES string of the molecule is CCOC[C@H]1CCC2(CCNCC2)O1. The Morgan fingerprint density at radius 1 is 1.36 bits per heavy atom. The molecule has 0 bridgehead atoms. The molecule has 0 radical (unpaired) electrons. The average molecular weight is 199 g/mol. The second kappa shape index (κ2) is 4.60. The third-order valence-electron chi connectivity index (χ3n) is 3.36. The fraction of sp³-hybridized carbons (Fsp3) is 1.00. The monoisotopic (exact) mass is 199 g/mol. The van der Waals surface area contributed by atoms with Crippen molar-refractivity contribution in [3.8, 4) is 0 Å². The van der Waals surface area contributed by atoms with Crippen LogP contribution in [-0.4, -0.2) is 38.0 Å². The largest absolute Gasteiger partial charge is 0.379 e. The highest BCUT2D eigenvalue weighted by Crippen LogP contribution is 2.37. The lowest BCUT2D eigenvalue weighted by Crippen LogP contribution is -2.42. The van der Waals surface area contributed by atoms with E-state index in [0.717, 1.165) is 26.3 Å². The Morgan fingerprint density at radius 3 is 2.86 bits per heavy atom. The first-order valence-corrected chi connectivity index (χ1v) is 5.81. The van der Waals surface area contributed by atoms with Gasteiger partial charge in [-0.3, -0.25) is 0 Å². The van der Waals surface area contributed by atoms with Crippen LogP contribution in [0.3, 0.4) is 0 Å². The lowest BCUT2D eigenvalue weighted by atomic mass is 9.89. The zero-order valence-corrected chi connectivity index (χ0v) is 9.05. The van der Waals surface area contributed by atoms with E-state index in [4.69, 9.17) is 9.47 Å². The Balaban J connectivity index is 1.80. The molecule has 2 saturated heterocycles. The first kappa shape index (κ1) is 10.4. The molecule has 3 nitrogen and oxygen atoms in total. The summed E-state index contributed by atoms with van der Waals surface area (Å²) in [6.07, 6.45) is 5.12. The molecular weight excluding hydrogens is 178 g/mol. The van der Waals surface area contributed by atoms with Crippen molar-refractivity contribution in [3.05, 3.63) is 0 Å². The minimum atomic E-state index is 0.201. The van der Waals surface area contributed by atoms with Crippen LogP contribution < -0.4 is 5.32 Å². The Morgan fingerprint density at radius 2 is 2.14 bits per heavy atom. The molecule has 1 spiro atoms. The summed E-state index contributed by atoms with van der Waals surface area (Å²) in [7, 11) is 0. The molecular formula is C11H21NO2. The number of rotatable bonds is 3. The van der Waals surface area contributed by atoms with Crippen LogP contribution in [0.1, 0.15) is 32.6 Å². The summed E-state index contributed by atoms with van der Waals surface area (Å²) in [5.41, 5.74) is 0.201. The van der Waals surface area contributed by atoms with Crippen molar-refractivity contribution in [3.63, 3.8) is 0 Å². The molecule has 1 atom stereocenters. The molecule has 0 amide bonds. The lowest BCUT2D eigenvalue weighted by Gasteiger charge is -2.33. The molecule has 0 aromatic rings. The molecule has 0 aromatic carbocycles. The molecule has 2 rings (SSSR count). The van der Waals surface area contributed by atoms with E-state index in [1.54, 1.807) is 0 Å². The number of hydrogen-bond acceptors (Lipinski definition) is 3. The van der Waals surface area contributed by atoms with Gasteiger partial charge in [-0.25, -0.2) is 0 Å². The van der Waals surface area contributed by atoms with E-state index in [-0.39, 0.29) is 5.60 Å². The normalized spacial score (nSPS) is 31.1. The van der Waals surface area contributed by atoms with Gasteiger partial charge in [0.05, 0.1) is 18.3 Å². The van der Waals surface area contributed by atoms with Gasteiger partial charge >= 0.3 is 0 Å². The van der Waals surface area contributed by atoms with Gasteiger partial charge in [-0.15, -0.1) is 0 Å². The standard InChI is InChI=1S/C11H21NO2/c1-2-13-9-10-3-4-11(14-10)5-7-12-8-6-11/h10,12H,2-9H2,1H3/t10-/m1/s1. The number of ether oxygens (including phenoxy) is 2. The Bertz CT molecular complexity index is 178. The zero-order chi connectivity index (χ0) is 9.86. The second-order valence-electron chi connectivity index (χ2n) is 4.37. The molecule has 2 heterocycles. The van der Waals surface area contributed by atoms with Crippen molar-refractivity contribution >= 4 is 0 Å². The number of piperidine rings is 1. The van der Waals surface area contributed by atoms with Gasteiger partial charge in [-0.05, 0) is 45.7 Å². The maximum absolute atomic E-state index is 6.13. The lowest BCUT2D eigenvalue weighted by molar-refractivity contribution is -0.0835. The Hall–Kier alpha value is -0.120. The van der Waals surface area contributed by atoms with Gasteiger partial charge in [0.2, 0.25) is 0 Å². The number of hydrogen-bond donors (Lipinski definition) is 1. The molecule has 0 aliphatic carbocycles. The predicted molar refractivity (Wildman–Crippen MR) is 55.4 cm³/mol. The highest BCUT2D eigenvalue weighted by atomic mass is 16.5.